The molecule has 0 aromatic heterocycles. The summed E-state index contributed by atoms with van der Waals surface area (Å²) in [6.07, 6.45) is 4.43. The van der Waals surface area contributed by atoms with Crippen molar-refractivity contribution in [2.45, 2.75) is 44.1 Å². The van der Waals surface area contributed by atoms with Gasteiger partial charge >= 0.3 is 5.97 Å². The Kier molecular flexibility index (Phi) is 5.99. The highest BCUT2D eigenvalue weighted by molar-refractivity contribution is 5.79. The highest BCUT2D eigenvalue weighted by Gasteiger charge is 2.51. The number of hydrogen-bond donors (Lipinski definition) is 1. The minimum Gasteiger partial charge on any atom is -0.426 e. The molecule has 0 amide bonds. The van der Waals surface area contributed by atoms with Gasteiger partial charge in [0.1, 0.15) is 5.75 Å². The zero-order valence-corrected chi connectivity index (χ0v) is 18.3. The first-order valence-electron chi connectivity index (χ1n) is 11.1. The van der Waals surface area contributed by atoms with Crippen LogP contribution in [-0.2, 0) is 10.4 Å². The molecular weight excluding hydrogens is 374 g/mol. The normalized spacial score (nSPS) is 29.0. The average molecular weight is 408 g/mol. The van der Waals surface area contributed by atoms with Crippen molar-refractivity contribution in [3.05, 3.63) is 65.7 Å². The topological polar surface area (TPSA) is 49.8 Å². The summed E-state index contributed by atoms with van der Waals surface area (Å²) in [6, 6.07) is 17.2. The summed E-state index contributed by atoms with van der Waals surface area (Å²) < 4.78 is 5.73. The smallest absolute Gasteiger partial charge is 0.318 e. The Balaban J connectivity index is 1.57. The lowest BCUT2D eigenvalue weighted by atomic mass is 9.66. The summed E-state index contributed by atoms with van der Waals surface area (Å²) >= 11 is 0. The van der Waals surface area contributed by atoms with Crippen LogP contribution in [-0.4, -0.2) is 36.6 Å². The van der Waals surface area contributed by atoms with Crippen LogP contribution in [0.25, 0.3) is 0 Å². The molecular formula is C26H33NO3. The number of aliphatic hydroxyl groups is 1. The zero-order chi connectivity index (χ0) is 21.3. The van der Waals surface area contributed by atoms with E-state index < -0.39 is 5.60 Å². The average Bonchev–Trinajstić information content (AvgIpc) is 3.14. The van der Waals surface area contributed by atoms with Crippen LogP contribution in [0.15, 0.2) is 54.6 Å². The Morgan fingerprint density at radius 2 is 1.93 bits per heavy atom. The maximum absolute atomic E-state index is 12.7. The van der Waals surface area contributed by atoms with Crippen molar-refractivity contribution in [1.82, 2.24) is 4.90 Å². The number of hydrogen-bond acceptors (Lipinski definition) is 4. The third-order valence-corrected chi connectivity index (χ3v) is 7.13. The quantitative estimate of drug-likeness (QED) is 0.562. The van der Waals surface area contributed by atoms with Crippen molar-refractivity contribution >= 4 is 5.97 Å². The van der Waals surface area contributed by atoms with Gasteiger partial charge in [-0.3, -0.25) is 4.79 Å². The lowest BCUT2D eigenvalue weighted by Gasteiger charge is -2.45. The first-order chi connectivity index (χ1) is 14.4. The Morgan fingerprint density at radius 3 is 2.67 bits per heavy atom. The molecule has 160 valence electrons. The molecule has 2 aromatic rings. The lowest BCUT2D eigenvalue weighted by molar-refractivity contribution is -0.135. The predicted molar refractivity (Wildman–Crippen MR) is 118 cm³/mol. The van der Waals surface area contributed by atoms with Gasteiger partial charge < -0.3 is 14.7 Å². The molecule has 4 nitrogen and oxygen atoms in total. The van der Waals surface area contributed by atoms with Gasteiger partial charge in [-0.25, -0.2) is 0 Å². The van der Waals surface area contributed by atoms with E-state index in [1.807, 2.05) is 55.5 Å². The molecule has 4 heteroatoms. The van der Waals surface area contributed by atoms with Gasteiger partial charge in [0.25, 0.3) is 0 Å². The van der Waals surface area contributed by atoms with Gasteiger partial charge in [0.2, 0.25) is 0 Å². The zero-order valence-electron chi connectivity index (χ0n) is 18.3. The fourth-order valence-electron chi connectivity index (χ4n) is 5.58. The number of carbonyl (C=O) groups excluding carboxylic acids is 1. The summed E-state index contributed by atoms with van der Waals surface area (Å²) in [5.74, 6) is 1.22. The molecule has 2 saturated carbocycles. The van der Waals surface area contributed by atoms with E-state index in [-0.39, 0.29) is 17.8 Å². The second-order valence-electron chi connectivity index (χ2n) is 9.52. The summed E-state index contributed by atoms with van der Waals surface area (Å²) in [4.78, 5) is 14.9. The maximum Gasteiger partial charge on any atom is 0.318 e. The fraction of sp³-hybridized carbons (Fsp3) is 0.500. The molecule has 1 N–H and O–H groups in total. The van der Waals surface area contributed by atoms with Crippen LogP contribution in [0.5, 0.6) is 5.75 Å². The standard InChI is InChI=1S/C26H33NO3/c1-18(20-8-5-4-6-9-20)25(28)30-23-11-7-10-22(15-23)26(29)16-19-12-13-21(14-19)24(26)17-27(2)3/h4-11,15,18-19,21,24,29H,12-14,16-17H2,1-3H3/t18-,19+,21-,24+,26+/m0/s1. The van der Waals surface area contributed by atoms with Crippen LogP contribution in [0.3, 0.4) is 0 Å². The number of ether oxygens (including phenoxy) is 1. The van der Waals surface area contributed by atoms with E-state index in [4.69, 9.17) is 4.74 Å². The van der Waals surface area contributed by atoms with Crippen molar-refractivity contribution < 1.29 is 14.6 Å². The molecule has 2 bridgehead atoms. The second-order valence-corrected chi connectivity index (χ2v) is 9.52. The molecule has 2 aromatic carbocycles. The molecule has 30 heavy (non-hydrogen) atoms. The summed E-state index contributed by atoms with van der Waals surface area (Å²) in [5.41, 5.74) is 0.942. The second kappa shape index (κ2) is 8.52. The van der Waals surface area contributed by atoms with Crippen molar-refractivity contribution in [1.29, 1.82) is 0 Å². The van der Waals surface area contributed by atoms with Gasteiger partial charge in [-0.1, -0.05) is 48.9 Å². The SMILES string of the molecule is C[C@H](C(=O)Oc1cccc([C@]2(O)C[C@@H]3CC[C@@H](C3)[C@H]2CN(C)C)c1)c1ccccc1. The van der Waals surface area contributed by atoms with Crippen LogP contribution in [0, 0.1) is 17.8 Å². The highest BCUT2D eigenvalue weighted by atomic mass is 16.5. The van der Waals surface area contributed by atoms with Gasteiger partial charge in [-0.05, 0) is 75.4 Å². The maximum atomic E-state index is 12.7. The predicted octanol–water partition coefficient (Wildman–Crippen LogP) is 4.58. The van der Waals surface area contributed by atoms with Crippen LogP contribution < -0.4 is 4.74 Å². The molecule has 5 atom stereocenters. The Bertz CT molecular complexity index is 881. The Labute approximate surface area is 179 Å². The largest absolute Gasteiger partial charge is 0.426 e. The monoisotopic (exact) mass is 407 g/mol. The number of benzene rings is 2. The van der Waals surface area contributed by atoms with Gasteiger partial charge in [-0.2, -0.15) is 0 Å². The van der Waals surface area contributed by atoms with Crippen LogP contribution in [0.1, 0.15) is 49.7 Å². The van der Waals surface area contributed by atoms with Crippen molar-refractivity contribution in [3.63, 3.8) is 0 Å². The highest BCUT2D eigenvalue weighted by Crippen LogP contribution is 2.54. The number of rotatable bonds is 6. The van der Waals surface area contributed by atoms with Crippen molar-refractivity contribution in [2.75, 3.05) is 20.6 Å². The first-order valence-corrected chi connectivity index (χ1v) is 11.1. The van der Waals surface area contributed by atoms with Crippen molar-refractivity contribution in [2.24, 2.45) is 17.8 Å². The summed E-state index contributed by atoms with van der Waals surface area (Å²) in [5, 5.41) is 11.9. The third kappa shape index (κ3) is 4.17. The number of carbonyl (C=O) groups is 1. The molecule has 0 unspecified atom stereocenters. The van der Waals surface area contributed by atoms with E-state index in [9.17, 15) is 9.90 Å². The van der Waals surface area contributed by atoms with Crippen LogP contribution in [0.2, 0.25) is 0 Å². The van der Waals surface area contributed by atoms with Crippen LogP contribution >= 0.6 is 0 Å². The van der Waals surface area contributed by atoms with E-state index in [2.05, 4.69) is 19.0 Å². The Morgan fingerprint density at radius 1 is 1.17 bits per heavy atom. The molecule has 2 aliphatic carbocycles. The molecule has 0 heterocycles. The third-order valence-electron chi connectivity index (χ3n) is 7.13. The summed E-state index contributed by atoms with van der Waals surface area (Å²) in [7, 11) is 4.15. The van der Waals surface area contributed by atoms with E-state index in [0.29, 0.717) is 17.6 Å². The van der Waals surface area contributed by atoms with E-state index in [1.54, 1.807) is 6.07 Å². The van der Waals surface area contributed by atoms with Gasteiger partial charge in [0.15, 0.2) is 0 Å². The molecule has 0 aliphatic heterocycles. The van der Waals surface area contributed by atoms with Gasteiger partial charge in [0.05, 0.1) is 11.5 Å². The Hall–Kier alpha value is -2.17. The summed E-state index contributed by atoms with van der Waals surface area (Å²) in [6.45, 7) is 2.73. The number of nitrogens with zero attached hydrogens (tertiary/aromatic N) is 1. The molecule has 0 spiro atoms. The van der Waals surface area contributed by atoms with Crippen LogP contribution in [0.4, 0.5) is 0 Å². The lowest BCUT2D eigenvalue weighted by Crippen LogP contribution is -2.47. The molecule has 2 aliphatic rings. The molecule has 0 saturated heterocycles. The van der Waals surface area contributed by atoms with Gasteiger partial charge in [0, 0.05) is 12.5 Å². The van der Waals surface area contributed by atoms with E-state index in [0.717, 1.165) is 24.1 Å². The first kappa shape index (κ1) is 21.1. The van der Waals surface area contributed by atoms with Gasteiger partial charge in [-0.15, -0.1) is 0 Å². The minimum absolute atomic E-state index is 0.195. The molecule has 0 radical (unpaired) electrons. The number of fused-ring (bicyclic) bond motifs is 2. The number of esters is 1. The van der Waals surface area contributed by atoms with Crippen molar-refractivity contribution in [3.8, 4) is 5.75 Å². The fourth-order valence-corrected chi connectivity index (χ4v) is 5.58. The van der Waals surface area contributed by atoms with E-state index >= 15 is 0 Å². The van der Waals surface area contributed by atoms with E-state index in [1.165, 1.54) is 19.3 Å². The minimum atomic E-state index is -0.873. The molecule has 2 fully saturated rings. The molecule has 4 rings (SSSR count).